The number of nitrogens with one attached hydrogen (secondary N) is 2. The summed E-state index contributed by atoms with van der Waals surface area (Å²) in [6, 6.07) is 2.10. The van der Waals surface area contributed by atoms with Gasteiger partial charge < -0.3 is 9.64 Å². The van der Waals surface area contributed by atoms with Crippen molar-refractivity contribution in [2.75, 3.05) is 40.4 Å². The van der Waals surface area contributed by atoms with E-state index in [1.165, 1.54) is 7.11 Å². The lowest BCUT2D eigenvalue weighted by molar-refractivity contribution is 0.202. The van der Waals surface area contributed by atoms with Gasteiger partial charge in [0.25, 0.3) is 10.2 Å². The van der Waals surface area contributed by atoms with Crippen molar-refractivity contribution in [3.05, 3.63) is 0 Å². The summed E-state index contributed by atoms with van der Waals surface area (Å²) in [5, 5.41) is 9.21. The minimum Gasteiger partial charge on any atom is -0.383 e. The SMILES string of the molecule is COCCNS(=O)(=O)NC1(C#N)CCN(C)CC1. The molecule has 1 aliphatic rings. The van der Waals surface area contributed by atoms with Crippen LogP contribution in [0.2, 0.25) is 0 Å². The molecule has 0 unspecified atom stereocenters. The Bertz CT molecular complexity index is 396. The van der Waals surface area contributed by atoms with Gasteiger partial charge in [-0.05, 0) is 19.9 Å². The number of piperidine rings is 1. The number of likely N-dealkylation sites (tertiary alicyclic amines) is 1. The quantitative estimate of drug-likeness (QED) is 0.610. The molecule has 0 aromatic rings. The Morgan fingerprint density at radius 3 is 2.56 bits per heavy atom. The summed E-state index contributed by atoms with van der Waals surface area (Å²) in [6.45, 7) is 1.89. The van der Waals surface area contributed by atoms with E-state index in [2.05, 4.69) is 20.4 Å². The normalized spacial score (nSPS) is 20.5. The molecule has 8 heteroatoms. The van der Waals surface area contributed by atoms with Crippen molar-refractivity contribution < 1.29 is 13.2 Å². The molecule has 1 heterocycles. The Labute approximate surface area is 108 Å². The van der Waals surface area contributed by atoms with Gasteiger partial charge >= 0.3 is 0 Å². The predicted octanol–water partition coefficient (Wildman–Crippen LogP) is -0.955. The number of hydrogen-bond acceptors (Lipinski definition) is 5. The third-order valence-corrected chi connectivity index (χ3v) is 4.23. The lowest BCUT2D eigenvalue weighted by Gasteiger charge is -2.35. The highest BCUT2D eigenvalue weighted by molar-refractivity contribution is 7.87. The van der Waals surface area contributed by atoms with Gasteiger partial charge in [-0.15, -0.1) is 0 Å². The first-order valence-corrected chi connectivity index (χ1v) is 7.29. The highest BCUT2D eigenvalue weighted by Gasteiger charge is 2.37. The van der Waals surface area contributed by atoms with Crippen LogP contribution in [0, 0.1) is 11.3 Å². The van der Waals surface area contributed by atoms with Crippen LogP contribution in [-0.2, 0) is 14.9 Å². The number of methoxy groups -OCH3 is 1. The Kier molecular flexibility index (Phi) is 5.49. The number of ether oxygens (including phenoxy) is 1. The summed E-state index contributed by atoms with van der Waals surface area (Å²) in [7, 11) is -0.216. The van der Waals surface area contributed by atoms with E-state index >= 15 is 0 Å². The number of hydrogen-bond donors (Lipinski definition) is 2. The summed E-state index contributed by atoms with van der Waals surface area (Å²) in [6.07, 6.45) is 0.983. The highest BCUT2D eigenvalue weighted by atomic mass is 32.2. The average Bonchev–Trinajstić information content (AvgIpc) is 2.32. The second-order valence-corrected chi connectivity index (χ2v) is 5.99. The third kappa shape index (κ3) is 4.51. The smallest absolute Gasteiger partial charge is 0.278 e. The van der Waals surface area contributed by atoms with Crippen molar-refractivity contribution in [2.24, 2.45) is 0 Å². The first-order valence-electron chi connectivity index (χ1n) is 5.80. The van der Waals surface area contributed by atoms with Crippen LogP contribution in [0.3, 0.4) is 0 Å². The van der Waals surface area contributed by atoms with Gasteiger partial charge in [-0.1, -0.05) is 0 Å². The van der Waals surface area contributed by atoms with Gasteiger partial charge in [0.15, 0.2) is 0 Å². The minimum absolute atomic E-state index is 0.188. The Hall–Kier alpha value is -0.720. The van der Waals surface area contributed by atoms with Crippen LogP contribution >= 0.6 is 0 Å². The van der Waals surface area contributed by atoms with Gasteiger partial charge in [0.1, 0.15) is 5.54 Å². The van der Waals surface area contributed by atoms with Crippen molar-refractivity contribution in [3.63, 3.8) is 0 Å². The van der Waals surface area contributed by atoms with Crippen LogP contribution in [0.5, 0.6) is 0 Å². The monoisotopic (exact) mass is 276 g/mol. The average molecular weight is 276 g/mol. The first kappa shape index (κ1) is 15.3. The van der Waals surface area contributed by atoms with Crippen molar-refractivity contribution >= 4 is 10.2 Å². The Balaban J connectivity index is 2.60. The van der Waals surface area contributed by atoms with Gasteiger partial charge in [-0.2, -0.15) is 23.1 Å². The van der Waals surface area contributed by atoms with E-state index in [0.29, 0.717) is 32.5 Å². The summed E-state index contributed by atoms with van der Waals surface area (Å²) < 4.78 is 33.1. The topological polar surface area (TPSA) is 94.5 Å². The van der Waals surface area contributed by atoms with Crippen LogP contribution < -0.4 is 9.44 Å². The molecule has 18 heavy (non-hydrogen) atoms. The summed E-state index contributed by atoms with van der Waals surface area (Å²) in [5.41, 5.74) is -0.995. The highest BCUT2D eigenvalue weighted by Crippen LogP contribution is 2.21. The maximum absolute atomic E-state index is 11.8. The molecule has 1 fully saturated rings. The van der Waals surface area contributed by atoms with Crippen molar-refractivity contribution in [1.29, 1.82) is 5.26 Å². The first-order chi connectivity index (χ1) is 8.43. The fourth-order valence-corrected chi connectivity index (χ4v) is 3.00. The fourth-order valence-electron chi connectivity index (χ4n) is 1.81. The van der Waals surface area contributed by atoms with E-state index in [9.17, 15) is 13.7 Å². The van der Waals surface area contributed by atoms with E-state index in [0.717, 1.165) is 0 Å². The van der Waals surface area contributed by atoms with Gasteiger partial charge in [0, 0.05) is 26.7 Å². The molecule has 0 aromatic carbocycles. The number of nitrogens with zero attached hydrogens (tertiary/aromatic N) is 2. The largest absolute Gasteiger partial charge is 0.383 e. The molecule has 104 valence electrons. The predicted molar refractivity (Wildman–Crippen MR) is 67.0 cm³/mol. The molecule has 0 aliphatic carbocycles. The van der Waals surface area contributed by atoms with E-state index in [1.807, 2.05) is 7.05 Å². The number of nitriles is 1. The molecule has 0 saturated carbocycles. The number of rotatable bonds is 6. The molecule has 0 amide bonds. The van der Waals surface area contributed by atoms with E-state index < -0.39 is 15.7 Å². The molecule has 0 atom stereocenters. The molecular formula is C10H20N4O3S. The molecule has 7 nitrogen and oxygen atoms in total. The van der Waals surface area contributed by atoms with Crippen molar-refractivity contribution in [1.82, 2.24) is 14.3 Å². The second-order valence-electron chi connectivity index (χ2n) is 4.49. The lowest BCUT2D eigenvalue weighted by Crippen LogP contribution is -2.56. The van der Waals surface area contributed by atoms with Crippen LogP contribution in [0.25, 0.3) is 0 Å². The zero-order valence-electron chi connectivity index (χ0n) is 10.8. The van der Waals surface area contributed by atoms with Crippen LogP contribution in [0.15, 0.2) is 0 Å². The van der Waals surface area contributed by atoms with E-state index in [-0.39, 0.29) is 6.54 Å². The fraction of sp³-hybridized carbons (Fsp3) is 0.900. The summed E-state index contributed by atoms with van der Waals surface area (Å²) >= 11 is 0. The zero-order valence-corrected chi connectivity index (χ0v) is 11.6. The van der Waals surface area contributed by atoms with Gasteiger partial charge in [0.05, 0.1) is 12.7 Å². The molecule has 2 N–H and O–H groups in total. The summed E-state index contributed by atoms with van der Waals surface area (Å²) in [5.74, 6) is 0. The van der Waals surface area contributed by atoms with Crippen molar-refractivity contribution in [2.45, 2.75) is 18.4 Å². The maximum Gasteiger partial charge on any atom is 0.278 e. The standard InChI is InChI=1S/C10H20N4O3S/c1-14-6-3-10(9-11,4-7-14)13-18(15,16)12-5-8-17-2/h12-13H,3-8H2,1-2H3. The van der Waals surface area contributed by atoms with Crippen molar-refractivity contribution in [3.8, 4) is 6.07 Å². The Morgan fingerprint density at radius 2 is 2.06 bits per heavy atom. The van der Waals surface area contributed by atoms with Crippen LogP contribution in [-0.4, -0.2) is 59.3 Å². The molecule has 0 radical (unpaired) electrons. The molecule has 0 spiro atoms. The second kappa shape index (κ2) is 6.45. The van der Waals surface area contributed by atoms with Crippen LogP contribution in [0.1, 0.15) is 12.8 Å². The molecule has 1 saturated heterocycles. The third-order valence-electron chi connectivity index (χ3n) is 2.98. The molecule has 0 bridgehead atoms. The Morgan fingerprint density at radius 1 is 1.44 bits per heavy atom. The molecule has 1 aliphatic heterocycles. The van der Waals surface area contributed by atoms with E-state index in [4.69, 9.17) is 4.74 Å². The van der Waals surface area contributed by atoms with Gasteiger partial charge in [-0.3, -0.25) is 0 Å². The minimum atomic E-state index is -3.66. The molecule has 0 aromatic heterocycles. The van der Waals surface area contributed by atoms with Crippen LogP contribution in [0.4, 0.5) is 0 Å². The van der Waals surface area contributed by atoms with Gasteiger partial charge in [0.2, 0.25) is 0 Å². The summed E-state index contributed by atoms with van der Waals surface area (Å²) in [4.78, 5) is 2.07. The molecular weight excluding hydrogens is 256 g/mol. The lowest BCUT2D eigenvalue weighted by atomic mass is 9.91. The van der Waals surface area contributed by atoms with Gasteiger partial charge in [-0.25, -0.2) is 0 Å². The molecule has 1 rings (SSSR count). The maximum atomic E-state index is 11.8. The van der Waals surface area contributed by atoms with E-state index in [1.54, 1.807) is 0 Å². The zero-order chi connectivity index (χ0) is 13.6.